The summed E-state index contributed by atoms with van der Waals surface area (Å²) in [5, 5.41) is 0. The van der Waals surface area contributed by atoms with Gasteiger partial charge in [-0.05, 0) is 29.2 Å². The third-order valence-corrected chi connectivity index (χ3v) is 3.63. The first-order valence-corrected chi connectivity index (χ1v) is 6.53. The SMILES string of the molecule is CCSC1=C=C1C1=CC(SCC)=C1. The van der Waals surface area contributed by atoms with E-state index in [9.17, 15) is 0 Å². The molecule has 2 aliphatic rings. The highest BCUT2D eigenvalue weighted by Gasteiger charge is 2.22. The largest absolute Gasteiger partial charge is 0.126 e. The Morgan fingerprint density at radius 2 is 1.85 bits per heavy atom. The van der Waals surface area contributed by atoms with E-state index < -0.39 is 0 Å². The van der Waals surface area contributed by atoms with Crippen molar-refractivity contribution in [2.45, 2.75) is 13.8 Å². The fourth-order valence-electron chi connectivity index (χ4n) is 1.23. The van der Waals surface area contributed by atoms with Crippen molar-refractivity contribution in [3.63, 3.8) is 0 Å². The second-order valence-corrected chi connectivity index (χ2v) is 5.45. The predicted molar refractivity (Wildman–Crippen MR) is 63.0 cm³/mol. The van der Waals surface area contributed by atoms with Crippen LogP contribution in [0.3, 0.4) is 0 Å². The van der Waals surface area contributed by atoms with E-state index in [0.29, 0.717) is 0 Å². The fourth-order valence-corrected chi connectivity index (χ4v) is 2.71. The molecule has 0 amide bonds. The first-order chi connectivity index (χ1) is 6.35. The molecular formula is C11H12S2. The molecule has 68 valence electrons. The van der Waals surface area contributed by atoms with Gasteiger partial charge in [0, 0.05) is 10.5 Å². The van der Waals surface area contributed by atoms with E-state index in [4.69, 9.17) is 0 Å². The minimum absolute atomic E-state index is 1.15. The quantitative estimate of drug-likeness (QED) is 0.631. The maximum Gasteiger partial charge on any atom is 0.0656 e. The molecule has 2 heteroatoms. The highest BCUT2D eigenvalue weighted by Crippen LogP contribution is 2.43. The van der Waals surface area contributed by atoms with Gasteiger partial charge >= 0.3 is 0 Å². The Hall–Kier alpha value is -0.300. The summed E-state index contributed by atoms with van der Waals surface area (Å²) < 4.78 is 0. The van der Waals surface area contributed by atoms with Crippen LogP contribution in [0.4, 0.5) is 0 Å². The minimum Gasteiger partial charge on any atom is -0.126 e. The summed E-state index contributed by atoms with van der Waals surface area (Å²) in [4.78, 5) is 2.78. The molecule has 0 unspecified atom stereocenters. The van der Waals surface area contributed by atoms with Crippen LogP contribution in [0.1, 0.15) is 13.8 Å². The number of thioether (sulfide) groups is 2. The monoisotopic (exact) mass is 208 g/mol. The van der Waals surface area contributed by atoms with E-state index >= 15 is 0 Å². The summed E-state index contributed by atoms with van der Waals surface area (Å²) in [5.41, 5.74) is 6.04. The summed E-state index contributed by atoms with van der Waals surface area (Å²) in [6.07, 6.45) is 4.53. The maximum absolute atomic E-state index is 3.31. The molecule has 0 N–H and O–H groups in total. The van der Waals surface area contributed by atoms with E-state index in [1.165, 1.54) is 26.7 Å². The third-order valence-electron chi connectivity index (χ3n) is 1.89. The van der Waals surface area contributed by atoms with Crippen LogP contribution in [0.2, 0.25) is 0 Å². The van der Waals surface area contributed by atoms with Gasteiger partial charge < -0.3 is 0 Å². The van der Waals surface area contributed by atoms with Gasteiger partial charge in [0.05, 0.1) is 4.91 Å². The van der Waals surface area contributed by atoms with Crippen molar-refractivity contribution in [1.82, 2.24) is 0 Å². The van der Waals surface area contributed by atoms with E-state index in [1.807, 2.05) is 23.5 Å². The Labute approximate surface area is 87.9 Å². The Morgan fingerprint density at radius 3 is 2.46 bits per heavy atom. The molecule has 0 bridgehead atoms. The van der Waals surface area contributed by atoms with Gasteiger partial charge in [0.2, 0.25) is 0 Å². The highest BCUT2D eigenvalue weighted by atomic mass is 32.2. The normalized spacial score (nSPS) is 18.3. The van der Waals surface area contributed by atoms with Gasteiger partial charge in [0.1, 0.15) is 0 Å². The molecule has 0 saturated heterocycles. The van der Waals surface area contributed by atoms with E-state index in [0.717, 1.165) is 5.75 Å². The van der Waals surface area contributed by atoms with Crippen molar-refractivity contribution in [2.75, 3.05) is 11.5 Å². The van der Waals surface area contributed by atoms with Crippen LogP contribution in [0.15, 0.2) is 38.8 Å². The van der Waals surface area contributed by atoms with Crippen molar-refractivity contribution in [3.05, 3.63) is 38.8 Å². The lowest BCUT2D eigenvalue weighted by atomic mass is 10.1. The summed E-state index contributed by atoms with van der Waals surface area (Å²) >= 11 is 3.80. The molecule has 0 spiro atoms. The zero-order chi connectivity index (χ0) is 9.26. The van der Waals surface area contributed by atoms with Crippen LogP contribution in [0.25, 0.3) is 0 Å². The van der Waals surface area contributed by atoms with E-state index in [1.54, 1.807) is 0 Å². The van der Waals surface area contributed by atoms with Gasteiger partial charge in [-0.3, -0.25) is 0 Å². The number of hydrogen-bond acceptors (Lipinski definition) is 2. The summed E-state index contributed by atoms with van der Waals surface area (Å²) in [6, 6.07) is 0. The van der Waals surface area contributed by atoms with Crippen molar-refractivity contribution >= 4 is 23.5 Å². The summed E-state index contributed by atoms with van der Waals surface area (Å²) in [7, 11) is 0. The molecule has 0 aromatic heterocycles. The van der Waals surface area contributed by atoms with Crippen molar-refractivity contribution < 1.29 is 0 Å². The molecule has 0 fully saturated rings. The third kappa shape index (κ3) is 1.96. The standard InChI is InChI=1S/C11H12S2/c1-3-12-9-5-8(6-9)10-7-11(10)13-4-2/h5-6H,3-4H2,1-2H3. The van der Waals surface area contributed by atoms with Gasteiger partial charge in [-0.2, -0.15) is 0 Å². The van der Waals surface area contributed by atoms with Gasteiger partial charge in [0.25, 0.3) is 0 Å². The molecule has 13 heavy (non-hydrogen) atoms. The molecule has 0 nitrogen and oxygen atoms in total. The summed E-state index contributed by atoms with van der Waals surface area (Å²) in [6.45, 7) is 4.36. The second kappa shape index (κ2) is 3.83. The zero-order valence-electron chi connectivity index (χ0n) is 7.89. The lowest BCUT2D eigenvalue weighted by Gasteiger charge is -2.11. The van der Waals surface area contributed by atoms with Crippen LogP contribution >= 0.6 is 23.5 Å². The minimum atomic E-state index is 1.15. The van der Waals surface area contributed by atoms with Crippen LogP contribution in [-0.2, 0) is 0 Å². The Bertz CT molecular complexity index is 352. The molecule has 2 rings (SSSR count). The molecule has 0 aromatic rings. The molecule has 2 aliphatic carbocycles. The first-order valence-electron chi connectivity index (χ1n) is 4.55. The average molecular weight is 208 g/mol. The zero-order valence-corrected chi connectivity index (χ0v) is 9.52. The van der Waals surface area contributed by atoms with Crippen LogP contribution in [0, 0.1) is 0 Å². The maximum atomic E-state index is 3.31. The number of allylic oxidation sites excluding steroid dienone is 3. The van der Waals surface area contributed by atoms with Crippen LogP contribution in [0.5, 0.6) is 0 Å². The molecule has 0 atom stereocenters. The van der Waals surface area contributed by atoms with Gasteiger partial charge in [-0.15, -0.1) is 23.5 Å². The summed E-state index contributed by atoms with van der Waals surface area (Å²) in [5.74, 6) is 2.32. The van der Waals surface area contributed by atoms with Crippen molar-refractivity contribution in [3.8, 4) is 0 Å². The molecule has 0 aliphatic heterocycles. The van der Waals surface area contributed by atoms with Crippen molar-refractivity contribution in [2.24, 2.45) is 0 Å². The Balaban J connectivity index is 1.77. The van der Waals surface area contributed by atoms with Crippen molar-refractivity contribution in [1.29, 1.82) is 0 Å². The Morgan fingerprint density at radius 1 is 1.15 bits per heavy atom. The molecule has 0 radical (unpaired) electrons. The molecule has 0 aromatic carbocycles. The lowest BCUT2D eigenvalue weighted by Crippen LogP contribution is -1.91. The van der Waals surface area contributed by atoms with Crippen LogP contribution < -0.4 is 0 Å². The van der Waals surface area contributed by atoms with Crippen LogP contribution in [-0.4, -0.2) is 11.5 Å². The Kier molecular flexibility index (Phi) is 2.73. The smallest absolute Gasteiger partial charge is 0.0656 e. The average Bonchev–Trinajstić information content (AvgIpc) is 2.76. The van der Waals surface area contributed by atoms with Gasteiger partial charge in [-0.25, -0.2) is 0 Å². The van der Waals surface area contributed by atoms with E-state index in [2.05, 4.69) is 31.7 Å². The van der Waals surface area contributed by atoms with E-state index in [-0.39, 0.29) is 0 Å². The molecule has 0 heterocycles. The molecular weight excluding hydrogens is 196 g/mol. The number of rotatable bonds is 5. The second-order valence-electron chi connectivity index (χ2n) is 2.84. The molecule has 0 saturated carbocycles. The predicted octanol–water partition coefficient (Wildman–Crippen LogP) is 3.74. The first kappa shape index (κ1) is 9.26. The topological polar surface area (TPSA) is 0 Å². The van der Waals surface area contributed by atoms with Gasteiger partial charge in [0.15, 0.2) is 0 Å². The van der Waals surface area contributed by atoms with Gasteiger partial charge in [-0.1, -0.05) is 19.6 Å². The fraction of sp³-hybridized carbons (Fsp3) is 0.364. The lowest BCUT2D eigenvalue weighted by molar-refractivity contribution is 1.49. The number of hydrogen-bond donors (Lipinski definition) is 0. The highest BCUT2D eigenvalue weighted by molar-refractivity contribution is 8.03.